The molecule has 2 N–H and O–H groups in total. The van der Waals surface area contributed by atoms with Crippen molar-refractivity contribution in [2.45, 2.75) is 75.1 Å². The molecule has 0 atom stereocenters. The fraction of sp³-hybridized carbons (Fsp3) is 0.452. The summed E-state index contributed by atoms with van der Waals surface area (Å²) in [5.41, 5.74) is 1.26. The smallest absolute Gasteiger partial charge is 0.405 e. The number of thiazole rings is 1. The van der Waals surface area contributed by atoms with Gasteiger partial charge in [-0.3, -0.25) is 4.79 Å². The van der Waals surface area contributed by atoms with Gasteiger partial charge in [0.2, 0.25) is 10.0 Å². The van der Waals surface area contributed by atoms with Crippen LogP contribution in [0.15, 0.2) is 40.9 Å². The molecule has 2 aromatic carbocycles. The van der Waals surface area contributed by atoms with Crippen molar-refractivity contribution in [2.24, 2.45) is 0 Å². The van der Waals surface area contributed by atoms with Crippen LogP contribution in [-0.2, 0) is 16.6 Å². The van der Waals surface area contributed by atoms with Crippen LogP contribution in [0.1, 0.15) is 73.0 Å². The maximum absolute atomic E-state index is 15.0. The summed E-state index contributed by atoms with van der Waals surface area (Å²) in [6, 6.07) is 8.43. The molecule has 2 aromatic heterocycles. The van der Waals surface area contributed by atoms with E-state index in [1.165, 1.54) is 35.6 Å². The Morgan fingerprint density at radius 2 is 1.87 bits per heavy atom. The molecule has 1 amide bonds. The number of hydrogen-bond donors (Lipinski definition) is 2. The van der Waals surface area contributed by atoms with Gasteiger partial charge in [0.1, 0.15) is 22.7 Å². The Labute approximate surface area is 271 Å². The predicted octanol–water partition coefficient (Wildman–Crippen LogP) is 6.24. The van der Waals surface area contributed by atoms with Crippen molar-refractivity contribution in [3.05, 3.63) is 59.1 Å². The van der Waals surface area contributed by atoms with E-state index in [4.69, 9.17) is 4.52 Å². The summed E-state index contributed by atoms with van der Waals surface area (Å²) in [5, 5.41) is 8.28. The van der Waals surface area contributed by atoms with Crippen LogP contribution < -0.4 is 19.7 Å². The van der Waals surface area contributed by atoms with Crippen LogP contribution in [0.3, 0.4) is 0 Å². The maximum atomic E-state index is 15.0. The lowest BCUT2D eigenvalue weighted by Crippen LogP contribution is -2.42. The molecule has 2 saturated carbocycles. The summed E-state index contributed by atoms with van der Waals surface area (Å²) in [7, 11) is -3.87. The Morgan fingerprint density at radius 1 is 1.15 bits per heavy atom. The van der Waals surface area contributed by atoms with Gasteiger partial charge in [-0.2, -0.15) is 0 Å². The van der Waals surface area contributed by atoms with Crippen molar-refractivity contribution in [2.75, 3.05) is 18.0 Å². The highest BCUT2D eigenvalue weighted by Crippen LogP contribution is 2.46. The summed E-state index contributed by atoms with van der Waals surface area (Å²) in [6.07, 6.45) is -0.638. The molecule has 47 heavy (non-hydrogen) atoms. The molecule has 1 aliphatic heterocycles. The van der Waals surface area contributed by atoms with Crippen molar-refractivity contribution >= 4 is 42.6 Å². The Hall–Kier alpha value is -3.76. The highest BCUT2D eigenvalue weighted by molar-refractivity contribution is 7.91. The van der Waals surface area contributed by atoms with Crippen molar-refractivity contribution in [3.63, 3.8) is 0 Å². The normalized spacial score (nSPS) is 18.4. The fourth-order valence-corrected chi connectivity index (χ4v) is 8.08. The van der Waals surface area contributed by atoms with Crippen molar-refractivity contribution in [1.82, 2.24) is 20.2 Å². The molecule has 3 heterocycles. The van der Waals surface area contributed by atoms with E-state index >= 15 is 4.39 Å². The van der Waals surface area contributed by atoms with Gasteiger partial charge in [-0.15, -0.1) is 13.2 Å². The van der Waals surface area contributed by atoms with Gasteiger partial charge in [0.15, 0.2) is 10.9 Å². The summed E-state index contributed by atoms with van der Waals surface area (Å²) in [6.45, 7) is 3.13. The quantitative estimate of drug-likeness (QED) is 0.186. The van der Waals surface area contributed by atoms with Gasteiger partial charge in [-0.1, -0.05) is 28.6 Å². The molecule has 2 aliphatic carbocycles. The minimum absolute atomic E-state index is 0.0828. The van der Waals surface area contributed by atoms with Crippen molar-refractivity contribution in [3.8, 4) is 17.0 Å². The third-order valence-corrected chi connectivity index (χ3v) is 12.2. The summed E-state index contributed by atoms with van der Waals surface area (Å²) < 4.78 is 90.8. The molecule has 0 radical (unpaired) electrons. The third-order valence-electron chi connectivity index (χ3n) is 9.00. The van der Waals surface area contributed by atoms with Gasteiger partial charge in [0.25, 0.3) is 5.91 Å². The van der Waals surface area contributed by atoms with Crippen molar-refractivity contribution < 1.29 is 40.0 Å². The number of halogens is 4. The molecule has 250 valence electrons. The number of fused-ring (bicyclic) bond motifs is 1. The number of piperidine rings is 1. The van der Waals surface area contributed by atoms with E-state index in [0.717, 1.165) is 31.7 Å². The number of para-hydroxylation sites is 1. The lowest BCUT2D eigenvalue weighted by Gasteiger charge is -2.32. The first-order valence-electron chi connectivity index (χ1n) is 15.3. The Kier molecular flexibility index (Phi) is 7.95. The molecule has 1 saturated heterocycles. The highest BCUT2D eigenvalue weighted by atomic mass is 32.2. The summed E-state index contributed by atoms with van der Waals surface area (Å²) >= 11 is 1.23. The number of ether oxygens (including phenoxy) is 1. The van der Waals surface area contributed by atoms with Crippen LogP contribution in [0, 0.1) is 5.82 Å². The molecule has 10 nitrogen and oxygen atoms in total. The van der Waals surface area contributed by atoms with Gasteiger partial charge in [0, 0.05) is 48.3 Å². The number of alkyl halides is 3. The molecule has 0 bridgehead atoms. The molecular formula is C31H31F4N5O5S2. The third kappa shape index (κ3) is 6.54. The van der Waals surface area contributed by atoms with Crippen LogP contribution in [-0.4, -0.2) is 54.7 Å². The van der Waals surface area contributed by atoms with Crippen LogP contribution in [0.25, 0.3) is 21.5 Å². The molecule has 4 aromatic rings. The number of nitrogens with one attached hydrogen (secondary N) is 2. The lowest BCUT2D eigenvalue weighted by molar-refractivity contribution is -0.274. The second-order valence-electron chi connectivity index (χ2n) is 12.5. The number of anilines is 1. The molecule has 16 heteroatoms. The average Bonchev–Trinajstić information content (AvgIpc) is 3.92. The Bertz CT molecular complexity index is 1940. The van der Waals surface area contributed by atoms with Gasteiger partial charge >= 0.3 is 6.36 Å². The van der Waals surface area contributed by atoms with Crippen LogP contribution >= 0.6 is 11.3 Å². The van der Waals surface area contributed by atoms with Gasteiger partial charge in [-0.25, -0.2) is 22.5 Å². The van der Waals surface area contributed by atoms with Crippen molar-refractivity contribution in [1.29, 1.82) is 0 Å². The first-order valence-corrected chi connectivity index (χ1v) is 17.6. The molecule has 0 spiro atoms. The number of nitrogens with zero attached hydrogens (tertiary/aromatic N) is 3. The van der Waals surface area contributed by atoms with E-state index in [0.29, 0.717) is 59.3 Å². The SMILES string of the molecule is CC1(S(=O)(=O)NC(=O)c2cc(F)c3nc(N4CCC(NCc5c(-c6ccccc6OC(F)(F)F)noc5C5CC5)CC4)sc3c2)CC1. The van der Waals surface area contributed by atoms with E-state index < -0.39 is 32.9 Å². The van der Waals surface area contributed by atoms with E-state index in [-0.39, 0.29) is 34.4 Å². The highest BCUT2D eigenvalue weighted by Gasteiger charge is 2.51. The standard InChI is InChI=1S/C31H31F4N5O5S2/c1-30(10-11-30)47(42,43)39-28(41)18-14-22(32)26-24(15-18)46-29(37-26)40-12-8-19(9-13-40)36-16-21-25(38-45-27(21)17-6-7-17)20-4-2-3-5-23(20)44-31(33,34)35/h2-5,14-15,17,19,36H,6-13,16H2,1H3,(H,39,41). The maximum Gasteiger partial charge on any atom is 0.573 e. The minimum atomic E-state index is -4.85. The fourth-order valence-electron chi connectivity index (χ4n) is 5.76. The number of carbonyl (C=O) groups is 1. The number of aromatic nitrogens is 2. The monoisotopic (exact) mass is 693 g/mol. The largest absolute Gasteiger partial charge is 0.573 e. The molecule has 7 rings (SSSR count). The predicted molar refractivity (Wildman–Crippen MR) is 166 cm³/mol. The number of sulfonamides is 1. The topological polar surface area (TPSA) is 127 Å². The first kappa shape index (κ1) is 31.8. The average molecular weight is 694 g/mol. The minimum Gasteiger partial charge on any atom is -0.405 e. The summed E-state index contributed by atoms with van der Waals surface area (Å²) in [4.78, 5) is 19.2. The zero-order chi connectivity index (χ0) is 33.1. The van der Waals surface area contributed by atoms with Crippen LogP contribution in [0.5, 0.6) is 5.75 Å². The molecular weight excluding hydrogens is 662 g/mol. The lowest BCUT2D eigenvalue weighted by atomic mass is 10.0. The van der Waals surface area contributed by atoms with Crippen LogP contribution in [0.2, 0.25) is 0 Å². The molecule has 0 unspecified atom stereocenters. The van der Waals surface area contributed by atoms with Gasteiger partial charge < -0.3 is 19.5 Å². The number of amides is 1. The Balaban J connectivity index is 1.02. The van der Waals surface area contributed by atoms with E-state index in [1.54, 1.807) is 13.0 Å². The first-order chi connectivity index (χ1) is 22.3. The van der Waals surface area contributed by atoms with Crippen LogP contribution in [0.4, 0.5) is 22.7 Å². The second-order valence-corrected chi connectivity index (χ2v) is 15.7. The molecule has 3 aliphatic rings. The number of rotatable bonds is 10. The van der Waals surface area contributed by atoms with E-state index in [1.807, 2.05) is 4.90 Å². The number of hydrogen-bond acceptors (Lipinski definition) is 10. The zero-order valence-corrected chi connectivity index (χ0v) is 26.8. The van der Waals surface area contributed by atoms with Gasteiger partial charge in [0.05, 0.1) is 9.45 Å². The van der Waals surface area contributed by atoms with E-state index in [2.05, 4.69) is 24.9 Å². The second kappa shape index (κ2) is 11.7. The van der Waals surface area contributed by atoms with Gasteiger partial charge in [-0.05, 0) is 69.7 Å². The molecule has 3 fully saturated rings. The zero-order valence-electron chi connectivity index (χ0n) is 25.2. The summed E-state index contributed by atoms with van der Waals surface area (Å²) in [5.74, 6) is -1.07. The van der Waals surface area contributed by atoms with E-state index in [9.17, 15) is 26.4 Å². The number of benzene rings is 2. The Morgan fingerprint density at radius 3 is 2.55 bits per heavy atom. The number of carbonyl (C=O) groups excluding carboxylic acids is 1.